The number of anilines is 1. The second kappa shape index (κ2) is 6.12. The number of nitrogens with one attached hydrogen (secondary N) is 1. The average molecular weight is 286 g/mol. The molecule has 0 aliphatic carbocycles. The third kappa shape index (κ3) is 3.11. The molecule has 0 spiro atoms. The Morgan fingerprint density at radius 1 is 1.42 bits per heavy atom. The number of carbonyl (C=O) groups excluding carboxylic acids is 1. The van der Waals surface area contributed by atoms with E-state index in [2.05, 4.69) is 5.32 Å². The molecule has 1 atom stereocenters. The number of methoxy groups -OCH3 is 1. The van der Waals surface area contributed by atoms with Crippen LogP contribution >= 0.6 is 11.6 Å². The molecular formula is C13H16ClNO4. The van der Waals surface area contributed by atoms with Crippen LogP contribution in [-0.2, 0) is 11.2 Å². The first kappa shape index (κ1) is 14.0. The van der Waals surface area contributed by atoms with E-state index in [0.29, 0.717) is 30.0 Å². The van der Waals surface area contributed by atoms with Crippen LogP contribution in [0.15, 0.2) is 12.1 Å². The summed E-state index contributed by atoms with van der Waals surface area (Å²) >= 11 is 5.52. The normalized spacial score (nSPS) is 15.4. The molecule has 0 saturated heterocycles. The van der Waals surface area contributed by atoms with Gasteiger partial charge in [-0.05, 0) is 18.6 Å². The molecule has 6 heteroatoms. The molecule has 1 aliphatic rings. The van der Waals surface area contributed by atoms with E-state index in [9.17, 15) is 9.90 Å². The molecule has 0 aromatic heterocycles. The van der Waals surface area contributed by atoms with Gasteiger partial charge in [0.1, 0.15) is 24.2 Å². The summed E-state index contributed by atoms with van der Waals surface area (Å²) in [6, 6.07) is 3.50. The standard InChI is InChI=1S/C13H16ClNO4/c1-18-11-4-3-10(19-7-8(16)6-14)9-2-5-12(17)15-13(9)11/h3-4,8,16H,2,5-7H2,1H3,(H,15,17). The van der Waals surface area contributed by atoms with Crippen molar-refractivity contribution in [2.24, 2.45) is 0 Å². The molecule has 1 amide bonds. The van der Waals surface area contributed by atoms with E-state index in [1.807, 2.05) is 0 Å². The molecule has 0 radical (unpaired) electrons. The van der Waals surface area contributed by atoms with Crippen LogP contribution < -0.4 is 14.8 Å². The number of halogens is 1. The summed E-state index contributed by atoms with van der Waals surface area (Å²) in [5.41, 5.74) is 1.54. The van der Waals surface area contributed by atoms with Gasteiger partial charge in [0, 0.05) is 12.0 Å². The van der Waals surface area contributed by atoms with E-state index >= 15 is 0 Å². The minimum atomic E-state index is -0.711. The van der Waals surface area contributed by atoms with Gasteiger partial charge >= 0.3 is 0 Å². The number of rotatable bonds is 5. The Bertz CT molecular complexity index is 478. The fraction of sp³-hybridized carbons (Fsp3) is 0.462. The van der Waals surface area contributed by atoms with Gasteiger partial charge in [0.05, 0.1) is 18.7 Å². The lowest BCUT2D eigenvalue weighted by Crippen LogP contribution is -2.22. The van der Waals surface area contributed by atoms with Crippen LogP contribution in [-0.4, -0.2) is 36.7 Å². The molecule has 1 aromatic rings. The van der Waals surface area contributed by atoms with Crippen LogP contribution in [0, 0.1) is 0 Å². The number of ether oxygens (including phenoxy) is 2. The summed E-state index contributed by atoms with van der Waals surface area (Å²) in [5.74, 6) is 1.33. The molecular weight excluding hydrogens is 270 g/mol. The van der Waals surface area contributed by atoms with E-state index in [4.69, 9.17) is 21.1 Å². The van der Waals surface area contributed by atoms with Crippen molar-refractivity contribution in [1.82, 2.24) is 0 Å². The van der Waals surface area contributed by atoms with Gasteiger partial charge in [-0.15, -0.1) is 11.6 Å². The van der Waals surface area contributed by atoms with Crippen LogP contribution in [0.2, 0.25) is 0 Å². The molecule has 1 unspecified atom stereocenters. The number of hydrogen-bond donors (Lipinski definition) is 2. The lowest BCUT2D eigenvalue weighted by atomic mass is 10.0. The van der Waals surface area contributed by atoms with Crippen LogP contribution in [0.25, 0.3) is 0 Å². The Balaban J connectivity index is 2.25. The molecule has 19 heavy (non-hydrogen) atoms. The zero-order valence-corrected chi connectivity index (χ0v) is 11.4. The van der Waals surface area contributed by atoms with Gasteiger partial charge in [-0.1, -0.05) is 0 Å². The van der Waals surface area contributed by atoms with Gasteiger partial charge in [0.25, 0.3) is 0 Å². The van der Waals surface area contributed by atoms with Crippen molar-refractivity contribution in [3.63, 3.8) is 0 Å². The van der Waals surface area contributed by atoms with Crippen LogP contribution in [0.1, 0.15) is 12.0 Å². The molecule has 0 bridgehead atoms. The molecule has 0 saturated carbocycles. The number of benzene rings is 1. The molecule has 2 N–H and O–H groups in total. The quantitative estimate of drug-likeness (QED) is 0.806. The maximum atomic E-state index is 11.5. The van der Waals surface area contributed by atoms with Gasteiger partial charge in [0.2, 0.25) is 5.91 Å². The zero-order chi connectivity index (χ0) is 13.8. The Labute approximate surface area is 116 Å². The molecule has 0 fully saturated rings. The van der Waals surface area contributed by atoms with E-state index in [1.54, 1.807) is 19.2 Å². The van der Waals surface area contributed by atoms with Gasteiger partial charge in [-0.2, -0.15) is 0 Å². The monoisotopic (exact) mass is 285 g/mol. The fourth-order valence-corrected chi connectivity index (χ4v) is 2.06. The topological polar surface area (TPSA) is 67.8 Å². The maximum absolute atomic E-state index is 11.5. The van der Waals surface area contributed by atoms with Crippen molar-refractivity contribution in [2.45, 2.75) is 18.9 Å². The SMILES string of the molecule is COc1ccc(OCC(O)CCl)c2c1NC(=O)CC2. The largest absolute Gasteiger partial charge is 0.495 e. The molecule has 104 valence electrons. The Hall–Kier alpha value is -1.46. The Morgan fingerprint density at radius 3 is 2.84 bits per heavy atom. The highest BCUT2D eigenvalue weighted by atomic mass is 35.5. The number of carbonyl (C=O) groups is 1. The van der Waals surface area contributed by atoms with Crippen molar-refractivity contribution in [3.8, 4) is 11.5 Å². The van der Waals surface area contributed by atoms with E-state index in [1.165, 1.54) is 0 Å². The van der Waals surface area contributed by atoms with Crippen molar-refractivity contribution >= 4 is 23.2 Å². The Kier molecular flexibility index (Phi) is 4.50. The number of amides is 1. The summed E-state index contributed by atoms with van der Waals surface area (Å²) in [6.07, 6.45) is 0.289. The van der Waals surface area contributed by atoms with Crippen LogP contribution in [0.4, 0.5) is 5.69 Å². The lowest BCUT2D eigenvalue weighted by Gasteiger charge is -2.22. The minimum Gasteiger partial charge on any atom is -0.495 e. The van der Waals surface area contributed by atoms with E-state index < -0.39 is 6.10 Å². The predicted octanol–water partition coefficient (Wildman–Crippen LogP) is 1.56. The fourth-order valence-electron chi connectivity index (χ4n) is 1.97. The van der Waals surface area contributed by atoms with Crippen molar-refractivity contribution in [3.05, 3.63) is 17.7 Å². The number of alkyl halides is 1. The smallest absolute Gasteiger partial charge is 0.224 e. The minimum absolute atomic E-state index is 0.0382. The van der Waals surface area contributed by atoms with Crippen molar-refractivity contribution in [1.29, 1.82) is 0 Å². The number of fused-ring (bicyclic) bond motifs is 1. The number of aliphatic hydroxyl groups excluding tert-OH is 1. The molecule has 1 heterocycles. The highest BCUT2D eigenvalue weighted by Crippen LogP contribution is 2.38. The highest BCUT2D eigenvalue weighted by molar-refractivity contribution is 6.18. The first-order chi connectivity index (χ1) is 9.15. The second-order valence-corrected chi connectivity index (χ2v) is 4.60. The summed E-state index contributed by atoms with van der Waals surface area (Å²) in [6.45, 7) is 0.121. The van der Waals surface area contributed by atoms with Gasteiger partial charge < -0.3 is 19.9 Å². The second-order valence-electron chi connectivity index (χ2n) is 4.29. The molecule has 5 nitrogen and oxygen atoms in total. The number of aliphatic hydroxyl groups is 1. The zero-order valence-electron chi connectivity index (χ0n) is 10.6. The number of hydrogen-bond acceptors (Lipinski definition) is 4. The van der Waals surface area contributed by atoms with E-state index in [-0.39, 0.29) is 18.4 Å². The molecule has 1 aliphatic heterocycles. The van der Waals surface area contributed by atoms with Crippen LogP contribution in [0.5, 0.6) is 11.5 Å². The average Bonchev–Trinajstić information content (AvgIpc) is 2.43. The summed E-state index contributed by atoms with van der Waals surface area (Å²) in [7, 11) is 1.55. The first-order valence-electron chi connectivity index (χ1n) is 6.02. The van der Waals surface area contributed by atoms with Gasteiger partial charge in [0.15, 0.2) is 0 Å². The molecule has 1 aromatic carbocycles. The summed E-state index contributed by atoms with van der Waals surface area (Å²) in [4.78, 5) is 11.5. The summed E-state index contributed by atoms with van der Waals surface area (Å²) < 4.78 is 10.8. The maximum Gasteiger partial charge on any atom is 0.224 e. The van der Waals surface area contributed by atoms with Gasteiger partial charge in [-0.3, -0.25) is 4.79 Å². The van der Waals surface area contributed by atoms with Gasteiger partial charge in [-0.25, -0.2) is 0 Å². The lowest BCUT2D eigenvalue weighted by molar-refractivity contribution is -0.116. The molecule has 2 rings (SSSR count). The van der Waals surface area contributed by atoms with Crippen molar-refractivity contribution < 1.29 is 19.4 Å². The third-order valence-electron chi connectivity index (χ3n) is 2.93. The predicted molar refractivity (Wildman–Crippen MR) is 72.2 cm³/mol. The first-order valence-corrected chi connectivity index (χ1v) is 6.55. The van der Waals surface area contributed by atoms with Crippen LogP contribution in [0.3, 0.4) is 0 Å². The Morgan fingerprint density at radius 2 is 2.16 bits per heavy atom. The highest BCUT2D eigenvalue weighted by Gasteiger charge is 2.22. The van der Waals surface area contributed by atoms with E-state index in [0.717, 1.165) is 5.56 Å². The third-order valence-corrected chi connectivity index (χ3v) is 3.28. The van der Waals surface area contributed by atoms with Crippen molar-refractivity contribution in [2.75, 3.05) is 24.9 Å². The summed E-state index contributed by atoms with van der Waals surface area (Å²) in [5, 5.41) is 12.2.